The second kappa shape index (κ2) is 6.83. The Bertz CT molecular complexity index is 1070. The first-order valence-corrected chi connectivity index (χ1v) is 10.3. The average molecular weight is 384 g/mol. The maximum atomic E-state index is 12.6. The van der Waals surface area contributed by atoms with Crippen LogP contribution in [0.1, 0.15) is 48.8 Å². The molecule has 5 rings (SSSR count). The van der Waals surface area contributed by atoms with Gasteiger partial charge < -0.3 is 0 Å². The van der Waals surface area contributed by atoms with E-state index in [1.54, 1.807) is 12.4 Å². The van der Waals surface area contributed by atoms with Crippen molar-refractivity contribution < 1.29 is 4.79 Å². The van der Waals surface area contributed by atoms with E-state index in [4.69, 9.17) is 9.97 Å². The van der Waals surface area contributed by atoms with Crippen molar-refractivity contribution >= 4 is 5.78 Å². The van der Waals surface area contributed by atoms with E-state index in [9.17, 15) is 4.79 Å². The summed E-state index contributed by atoms with van der Waals surface area (Å²) in [6.07, 6.45) is 6.73. The van der Waals surface area contributed by atoms with Crippen molar-refractivity contribution in [2.75, 3.05) is 0 Å². The van der Waals surface area contributed by atoms with E-state index in [2.05, 4.69) is 47.5 Å². The molecule has 5 heteroatoms. The minimum absolute atomic E-state index is 0.0402. The third-order valence-electron chi connectivity index (χ3n) is 6.90. The Morgan fingerprint density at radius 3 is 2.62 bits per heavy atom. The van der Waals surface area contributed by atoms with Gasteiger partial charge in [0.25, 0.3) is 0 Å². The van der Waals surface area contributed by atoms with Gasteiger partial charge in [-0.15, -0.1) is 0 Å². The number of Topliss-reactive ketones (excluding diaryl/α,β-unsaturated/α-hetero) is 1. The maximum Gasteiger partial charge on any atom is 0.136 e. The molecule has 146 valence electrons. The van der Waals surface area contributed by atoms with Gasteiger partial charge >= 0.3 is 0 Å². The summed E-state index contributed by atoms with van der Waals surface area (Å²) < 4.78 is 0. The van der Waals surface area contributed by atoms with Crippen molar-refractivity contribution in [1.82, 2.24) is 20.2 Å². The quantitative estimate of drug-likeness (QED) is 0.666. The molecule has 1 saturated carbocycles. The zero-order chi connectivity index (χ0) is 20.0. The third-order valence-corrected chi connectivity index (χ3v) is 6.90. The molecular weight excluding hydrogens is 360 g/mol. The predicted octanol–water partition coefficient (Wildman–Crippen LogP) is 4.09. The lowest BCUT2D eigenvalue weighted by Crippen LogP contribution is -2.50. The number of aromatic nitrogens is 4. The molecule has 2 aliphatic rings. The van der Waals surface area contributed by atoms with E-state index in [0.717, 1.165) is 42.0 Å². The highest BCUT2D eigenvalue weighted by molar-refractivity contribution is 5.83. The molecule has 0 N–H and O–H groups in total. The number of ketones is 1. The Morgan fingerprint density at radius 1 is 1.03 bits per heavy atom. The molecule has 3 aromatic rings. The van der Waals surface area contributed by atoms with Crippen molar-refractivity contribution in [1.29, 1.82) is 0 Å². The van der Waals surface area contributed by atoms with Crippen LogP contribution >= 0.6 is 0 Å². The van der Waals surface area contributed by atoms with E-state index in [1.165, 1.54) is 11.1 Å². The molecule has 2 heterocycles. The zero-order valence-electron chi connectivity index (χ0n) is 16.8. The minimum Gasteiger partial charge on any atom is -0.299 e. The molecule has 0 radical (unpaired) electrons. The summed E-state index contributed by atoms with van der Waals surface area (Å²) in [5.41, 5.74) is 5.26. The Morgan fingerprint density at radius 2 is 1.86 bits per heavy atom. The molecular formula is C24H24N4O. The van der Waals surface area contributed by atoms with E-state index in [-0.39, 0.29) is 17.3 Å². The van der Waals surface area contributed by atoms with Crippen LogP contribution in [0.2, 0.25) is 0 Å². The van der Waals surface area contributed by atoms with Crippen LogP contribution in [0.15, 0.2) is 48.8 Å². The lowest BCUT2D eigenvalue weighted by atomic mass is 9.52. The number of aryl methyl sites for hydroxylation is 1. The first kappa shape index (κ1) is 18.1. The molecule has 29 heavy (non-hydrogen) atoms. The molecule has 2 aliphatic carbocycles. The lowest BCUT2D eigenvalue weighted by molar-refractivity contribution is -0.128. The van der Waals surface area contributed by atoms with E-state index in [0.29, 0.717) is 12.2 Å². The number of rotatable bonds is 2. The van der Waals surface area contributed by atoms with Crippen LogP contribution in [-0.2, 0) is 16.6 Å². The first-order chi connectivity index (χ1) is 14.1. The highest BCUT2D eigenvalue weighted by Gasteiger charge is 2.53. The molecule has 1 fully saturated rings. The standard InChI is InChI=1S/C24H24N4O/c1-15-20-9-8-19-22(17-11-13-25-26-14-17)27-16(2)28-23(19)24(20,12-10-21(15)29)18-6-4-3-5-7-18/h3-7,11,13-15,20H,8-10,12H2,1-2H3/t15-,20-,24+/m0/s1. The van der Waals surface area contributed by atoms with Gasteiger partial charge in [0.15, 0.2) is 0 Å². The fourth-order valence-corrected chi connectivity index (χ4v) is 5.58. The van der Waals surface area contributed by atoms with Crippen LogP contribution in [0.5, 0.6) is 0 Å². The highest BCUT2D eigenvalue weighted by atomic mass is 16.1. The Kier molecular flexibility index (Phi) is 4.26. The summed E-state index contributed by atoms with van der Waals surface area (Å²) in [6, 6.07) is 12.6. The number of hydrogen-bond acceptors (Lipinski definition) is 5. The summed E-state index contributed by atoms with van der Waals surface area (Å²) in [5.74, 6) is 1.44. The lowest BCUT2D eigenvalue weighted by Gasteiger charge is -2.50. The molecule has 3 atom stereocenters. The third kappa shape index (κ3) is 2.71. The van der Waals surface area contributed by atoms with Crippen LogP contribution in [0.25, 0.3) is 11.3 Å². The number of carbonyl (C=O) groups excluding carboxylic acids is 1. The smallest absolute Gasteiger partial charge is 0.136 e. The normalized spacial score (nSPS) is 25.9. The summed E-state index contributed by atoms with van der Waals surface area (Å²) in [6.45, 7) is 4.06. The van der Waals surface area contributed by atoms with Crippen LogP contribution in [-0.4, -0.2) is 25.9 Å². The van der Waals surface area contributed by atoms with Gasteiger partial charge in [-0.2, -0.15) is 10.2 Å². The minimum atomic E-state index is -0.245. The molecule has 0 aliphatic heterocycles. The van der Waals surface area contributed by atoms with Gasteiger partial charge in [-0.1, -0.05) is 37.3 Å². The van der Waals surface area contributed by atoms with Crippen molar-refractivity contribution in [3.63, 3.8) is 0 Å². The molecule has 0 spiro atoms. The number of hydrogen-bond donors (Lipinski definition) is 0. The van der Waals surface area contributed by atoms with E-state index in [1.807, 2.05) is 13.0 Å². The first-order valence-electron chi connectivity index (χ1n) is 10.3. The summed E-state index contributed by atoms with van der Waals surface area (Å²) >= 11 is 0. The Labute approximate surface area is 170 Å². The monoisotopic (exact) mass is 384 g/mol. The molecule has 0 saturated heterocycles. The Balaban J connectivity index is 1.80. The van der Waals surface area contributed by atoms with E-state index >= 15 is 0 Å². The summed E-state index contributed by atoms with van der Waals surface area (Å²) in [4.78, 5) is 22.5. The van der Waals surface area contributed by atoms with Crippen LogP contribution in [0.4, 0.5) is 0 Å². The van der Waals surface area contributed by atoms with Gasteiger partial charge in [0, 0.05) is 28.9 Å². The zero-order valence-corrected chi connectivity index (χ0v) is 16.8. The molecule has 5 nitrogen and oxygen atoms in total. The fraction of sp³-hybridized carbons (Fsp3) is 0.375. The topological polar surface area (TPSA) is 68.6 Å². The van der Waals surface area contributed by atoms with Crippen molar-refractivity contribution in [3.8, 4) is 11.3 Å². The largest absolute Gasteiger partial charge is 0.299 e. The number of nitrogens with zero attached hydrogens (tertiary/aromatic N) is 4. The molecule has 0 unspecified atom stereocenters. The summed E-state index contributed by atoms with van der Waals surface area (Å²) in [5, 5.41) is 7.98. The second-order valence-corrected chi connectivity index (χ2v) is 8.32. The molecule has 1 aromatic carbocycles. The van der Waals surface area contributed by atoms with Crippen molar-refractivity contribution in [3.05, 3.63) is 71.4 Å². The Hall–Kier alpha value is -2.95. The van der Waals surface area contributed by atoms with Gasteiger partial charge in [0.1, 0.15) is 11.6 Å². The molecule has 0 amide bonds. The number of carbonyl (C=O) groups is 1. The number of benzene rings is 1. The van der Waals surface area contributed by atoms with Gasteiger partial charge in [-0.3, -0.25) is 4.79 Å². The van der Waals surface area contributed by atoms with Gasteiger partial charge in [-0.05, 0) is 43.7 Å². The average Bonchev–Trinajstić information content (AvgIpc) is 2.77. The van der Waals surface area contributed by atoms with Gasteiger partial charge in [0.05, 0.1) is 23.8 Å². The molecule has 0 bridgehead atoms. The summed E-state index contributed by atoms with van der Waals surface area (Å²) in [7, 11) is 0. The predicted molar refractivity (Wildman–Crippen MR) is 110 cm³/mol. The van der Waals surface area contributed by atoms with Crippen LogP contribution < -0.4 is 0 Å². The molecule has 2 aromatic heterocycles. The van der Waals surface area contributed by atoms with E-state index < -0.39 is 0 Å². The van der Waals surface area contributed by atoms with Gasteiger partial charge in [-0.25, -0.2) is 9.97 Å². The maximum absolute atomic E-state index is 12.6. The second-order valence-electron chi connectivity index (χ2n) is 8.32. The van der Waals surface area contributed by atoms with Crippen molar-refractivity contribution in [2.45, 2.75) is 44.9 Å². The van der Waals surface area contributed by atoms with Crippen molar-refractivity contribution in [2.24, 2.45) is 11.8 Å². The van der Waals surface area contributed by atoms with Crippen LogP contribution in [0.3, 0.4) is 0 Å². The highest BCUT2D eigenvalue weighted by Crippen LogP contribution is 2.55. The number of fused-ring (bicyclic) bond motifs is 3. The SMILES string of the molecule is Cc1nc(-c2ccnnc2)c2c(n1)[C@@]1(c3ccccc3)CCC(=O)[C@@H](C)[C@@H]1CC2. The van der Waals surface area contributed by atoms with Crippen LogP contribution in [0, 0.1) is 18.8 Å². The fourth-order valence-electron chi connectivity index (χ4n) is 5.58. The van der Waals surface area contributed by atoms with Gasteiger partial charge in [0.2, 0.25) is 0 Å².